The molecule has 13 heavy (non-hydrogen) atoms. The number of nitrogens with zero attached hydrogens (tertiary/aromatic N) is 1. The second-order valence-corrected chi connectivity index (χ2v) is 2.42. The molecule has 1 N–H and O–H groups in total. The molecule has 0 unspecified atom stereocenters. The van der Waals surface area contributed by atoms with Crippen LogP contribution in [0, 0.1) is 0 Å². The molecule has 0 radical (unpaired) electrons. The molecule has 0 saturated carbocycles. The average molecular weight is 168 g/mol. The molecular formula is C8H5LiN2O2. The molecule has 0 fully saturated rings. The van der Waals surface area contributed by atoms with Crippen molar-refractivity contribution in [3.8, 4) is 0 Å². The molecule has 0 amide bonds. The van der Waals surface area contributed by atoms with Crippen molar-refractivity contribution in [2.75, 3.05) is 0 Å². The van der Waals surface area contributed by atoms with Gasteiger partial charge in [0.2, 0.25) is 0 Å². The number of nitrogens with one attached hydrogen (secondary N) is 1. The van der Waals surface area contributed by atoms with Gasteiger partial charge in [0.1, 0.15) is 0 Å². The van der Waals surface area contributed by atoms with Crippen LogP contribution in [0.5, 0.6) is 0 Å². The summed E-state index contributed by atoms with van der Waals surface area (Å²) in [4.78, 5) is 10.6. The van der Waals surface area contributed by atoms with Gasteiger partial charge in [0.25, 0.3) is 0 Å². The Kier molecular flexibility index (Phi) is 2.76. The summed E-state index contributed by atoms with van der Waals surface area (Å²) in [6.45, 7) is 0. The van der Waals surface area contributed by atoms with Gasteiger partial charge in [0.05, 0.1) is 17.7 Å². The Hall–Kier alpha value is -1.24. The first-order valence-corrected chi connectivity index (χ1v) is 3.42. The molecule has 0 aliphatic heterocycles. The summed E-state index contributed by atoms with van der Waals surface area (Å²) in [5, 5.41) is 17.5. The van der Waals surface area contributed by atoms with Gasteiger partial charge in [-0.3, -0.25) is 5.10 Å². The number of carbonyl (C=O) groups excluding carboxylic acids is 1. The third-order valence-electron chi connectivity index (χ3n) is 1.70. The van der Waals surface area contributed by atoms with E-state index in [2.05, 4.69) is 10.2 Å². The Morgan fingerprint density at radius 3 is 2.92 bits per heavy atom. The molecule has 0 spiro atoms. The summed E-state index contributed by atoms with van der Waals surface area (Å²) in [7, 11) is 0. The van der Waals surface area contributed by atoms with E-state index < -0.39 is 5.97 Å². The molecule has 1 aromatic heterocycles. The molecular weight excluding hydrogens is 163 g/mol. The fraction of sp³-hybridized carbons (Fsp3) is 0. The zero-order valence-electron chi connectivity index (χ0n) is 7.07. The van der Waals surface area contributed by atoms with Crippen LogP contribution in [0.3, 0.4) is 0 Å². The molecule has 0 aliphatic rings. The summed E-state index contributed by atoms with van der Waals surface area (Å²) in [6, 6.07) is 4.90. The van der Waals surface area contributed by atoms with Crippen molar-refractivity contribution in [3.05, 3.63) is 30.0 Å². The third kappa shape index (κ3) is 1.59. The zero-order valence-corrected chi connectivity index (χ0v) is 7.07. The molecule has 0 saturated heterocycles. The van der Waals surface area contributed by atoms with Gasteiger partial charge in [0.15, 0.2) is 0 Å². The van der Waals surface area contributed by atoms with Crippen molar-refractivity contribution in [1.82, 2.24) is 10.2 Å². The van der Waals surface area contributed by atoms with Gasteiger partial charge in [-0.1, -0.05) is 12.1 Å². The van der Waals surface area contributed by atoms with Crippen LogP contribution in [-0.2, 0) is 0 Å². The average Bonchev–Trinajstić information content (AvgIpc) is 2.49. The van der Waals surface area contributed by atoms with Crippen LogP contribution >= 0.6 is 0 Å². The Labute approximate surface area is 86.1 Å². The standard InChI is InChI=1S/C8H6N2O2.Li/c11-8(12)5-2-1-3-7-6(5)4-9-10-7;/h1-4H,(H,9,10)(H,11,12);/q;+1/p-1. The number of carboxylic acid groups (broad SMARTS) is 1. The predicted octanol–water partition coefficient (Wildman–Crippen LogP) is -3.07. The molecule has 1 aromatic carbocycles. The summed E-state index contributed by atoms with van der Waals surface area (Å²) in [5.74, 6) is -1.18. The van der Waals surface area contributed by atoms with E-state index in [-0.39, 0.29) is 24.4 Å². The van der Waals surface area contributed by atoms with Gasteiger partial charge >= 0.3 is 18.9 Å². The first-order chi connectivity index (χ1) is 5.79. The van der Waals surface area contributed by atoms with E-state index in [1.165, 1.54) is 12.3 Å². The van der Waals surface area contributed by atoms with Crippen molar-refractivity contribution in [1.29, 1.82) is 0 Å². The second kappa shape index (κ2) is 3.65. The fourth-order valence-corrected chi connectivity index (χ4v) is 1.15. The van der Waals surface area contributed by atoms with E-state index in [1.807, 2.05) is 0 Å². The molecule has 60 valence electrons. The van der Waals surface area contributed by atoms with E-state index >= 15 is 0 Å². The maximum absolute atomic E-state index is 10.6. The second-order valence-electron chi connectivity index (χ2n) is 2.42. The molecule has 0 bridgehead atoms. The number of benzene rings is 1. The maximum Gasteiger partial charge on any atom is 1.00 e. The van der Waals surface area contributed by atoms with Gasteiger partial charge in [-0.2, -0.15) is 5.10 Å². The Morgan fingerprint density at radius 1 is 1.46 bits per heavy atom. The molecule has 2 rings (SSSR count). The van der Waals surface area contributed by atoms with Crippen LogP contribution in [0.1, 0.15) is 10.4 Å². The maximum atomic E-state index is 10.6. The summed E-state index contributed by atoms with van der Waals surface area (Å²) < 4.78 is 0. The first kappa shape index (κ1) is 9.84. The van der Waals surface area contributed by atoms with E-state index in [0.29, 0.717) is 10.9 Å². The number of aromatic carboxylic acids is 1. The van der Waals surface area contributed by atoms with Crippen LogP contribution in [0.4, 0.5) is 0 Å². The van der Waals surface area contributed by atoms with Crippen LogP contribution in [0.2, 0.25) is 0 Å². The first-order valence-electron chi connectivity index (χ1n) is 3.42. The number of rotatable bonds is 1. The predicted molar refractivity (Wildman–Crippen MR) is 40.4 cm³/mol. The molecule has 2 aromatic rings. The van der Waals surface area contributed by atoms with Crippen molar-refractivity contribution in [3.63, 3.8) is 0 Å². The number of hydrogen-bond acceptors (Lipinski definition) is 3. The van der Waals surface area contributed by atoms with Crippen molar-refractivity contribution < 1.29 is 28.8 Å². The molecule has 0 aliphatic carbocycles. The number of H-pyrrole nitrogens is 1. The fourth-order valence-electron chi connectivity index (χ4n) is 1.15. The largest absolute Gasteiger partial charge is 1.00 e. The molecule has 4 nitrogen and oxygen atoms in total. The van der Waals surface area contributed by atoms with E-state index in [4.69, 9.17) is 0 Å². The number of hydrogen-bond donors (Lipinski definition) is 1. The number of carbonyl (C=O) groups is 1. The number of carboxylic acids is 1. The minimum atomic E-state index is -1.18. The molecule has 1 heterocycles. The van der Waals surface area contributed by atoms with E-state index in [1.54, 1.807) is 12.1 Å². The van der Waals surface area contributed by atoms with Gasteiger partial charge < -0.3 is 9.90 Å². The number of aromatic nitrogens is 2. The molecule has 0 atom stereocenters. The third-order valence-corrected chi connectivity index (χ3v) is 1.70. The topological polar surface area (TPSA) is 68.8 Å². The summed E-state index contributed by atoms with van der Waals surface area (Å²) in [6.07, 6.45) is 1.47. The van der Waals surface area contributed by atoms with Crippen molar-refractivity contribution in [2.45, 2.75) is 0 Å². The number of fused-ring (bicyclic) bond motifs is 1. The van der Waals surface area contributed by atoms with Crippen LogP contribution < -0.4 is 24.0 Å². The van der Waals surface area contributed by atoms with Crippen molar-refractivity contribution in [2.24, 2.45) is 0 Å². The molecule has 5 heteroatoms. The normalized spacial score (nSPS) is 9.54. The zero-order chi connectivity index (χ0) is 8.55. The SMILES string of the molecule is O=C([O-])c1cccc2[nH]ncc12.[Li+]. The van der Waals surface area contributed by atoms with Gasteiger partial charge in [-0.25, -0.2) is 0 Å². The quantitative estimate of drug-likeness (QED) is 0.459. The smallest absolute Gasteiger partial charge is 0.545 e. The van der Waals surface area contributed by atoms with Gasteiger partial charge in [0, 0.05) is 10.9 Å². The Bertz CT molecular complexity index is 438. The van der Waals surface area contributed by atoms with Crippen LogP contribution in [-0.4, -0.2) is 16.2 Å². The monoisotopic (exact) mass is 168 g/mol. The minimum absolute atomic E-state index is 0. The van der Waals surface area contributed by atoms with Crippen LogP contribution in [0.15, 0.2) is 24.4 Å². The van der Waals surface area contributed by atoms with E-state index in [9.17, 15) is 9.90 Å². The number of aromatic amines is 1. The van der Waals surface area contributed by atoms with Gasteiger partial charge in [-0.05, 0) is 6.07 Å². The summed E-state index contributed by atoms with van der Waals surface area (Å²) in [5.41, 5.74) is 0.873. The Morgan fingerprint density at radius 2 is 2.23 bits per heavy atom. The van der Waals surface area contributed by atoms with Gasteiger partial charge in [-0.15, -0.1) is 0 Å². The van der Waals surface area contributed by atoms with Crippen molar-refractivity contribution >= 4 is 16.9 Å². The Balaban J connectivity index is 0.000000845. The minimum Gasteiger partial charge on any atom is -0.545 e. The van der Waals surface area contributed by atoms with E-state index in [0.717, 1.165) is 0 Å². The van der Waals surface area contributed by atoms with Crippen LogP contribution in [0.25, 0.3) is 10.9 Å². The summed E-state index contributed by atoms with van der Waals surface area (Å²) >= 11 is 0.